The molecular weight excluding hydrogens is 134 g/mol. The molecule has 0 aromatic heterocycles. The Balaban J connectivity index is 3.54. The molecule has 0 aliphatic rings. The van der Waals surface area contributed by atoms with Crippen LogP contribution < -0.4 is 5.73 Å². The van der Waals surface area contributed by atoms with Crippen LogP contribution in [0.25, 0.3) is 0 Å². The normalized spacial score (nSPS) is 16.9. The van der Waals surface area contributed by atoms with Crippen molar-refractivity contribution in [3.63, 3.8) is 0 Å². The fraction of sp³-hybridized carbons (Fsp3) is 1.00. The van der Waals surface area contributed by atoms with E-state index in [2.05, 4.69) is 27.7 Å². The van der Waals surface area contributed by atoms with Crippen LogP contribution in [0.3, 0.4) is 0 Å². The van der Waals surface area contributed by atoms with Gasteiger partial charge in [0.25, 0.3) is 0 Å². The van der Waals surface area contributed by atoms with Crippen LogP contribution >= 0.6 is 0 Å². The highest BCUT2D eigenvalue weighted by atomic mass is 14.5. The van der Waals surface area contributed by atoms with Gasteiger partial charge in [-0.2, -0.15) is 0 Å². The van der Waals surface area contributed by atoms with E-state index in [4.69, 9.17) is 5.73 Å². The molecule has 68 valence electrons. The minimum atomic E-state index is 0.794. The lowest BCUT2D eigenvalue weighted by Gasteiger charge is -2.20. The van der Waals surface area contributed by atoms with Gasteiger partial charge in [-0.25, -0.2) is 0 Å². The number of hydrogen-bond donors (Lipinski definition) is 1. The summed E-state index contributed by atoms with van der Waals surface area (Å²) in [6.07, 6.45) is 2.51. The van der Waals surface area contributed by atoms with E-state index in [1.807, 2.05) is 0 Å². The van der Waals surface area contributed by atoms with E-state index in [1.54, 1.807) is 0 Å². The van der Waals surface area contributed by atoms with Crippen molar-refractivity contribution in [2.45, 2.75) is 40.5 Å². The molecule has 0 heterocycles. The first-order valence-electron chi connectivity index (χ1n) is 4.78. The van der Waals surface area contributed by atoms with Crippen molar-refractivity contribution in [2.75, 3.05) is 6.54 Å². The lowest BCUT2D eigenvalue weighted by atomic mass is 9.86. The van der Waals surface area contributed by atoms with E-state index in [-0.39, 0.29) is 0 Å². The second-order valence-electron chi connectivity index (χ2n) is 4.16. The molecular formula is C10H23N. The van der Waals surface area contributed by atoms with E-state index < -0.39 is 0 Å². The molecule has 0 rings (SSSR count). The summed E-state index contributed by atoms with van der Waals surface area (Å²) in [7, 11) is 0. The van der Waals surface area contributed by atoms with E-state index >= 15 is 0 Å². The molecule has 2 unspecified atom stereocenters. The highest BCUT2D eigenvalue weighted by Crippen LogP contribution is 2.21. The molecule has 1 nitrogen and oxygen atoms in total. The van der Waals surface area contributed by atoms with Gasteiger partial charge in [-0.1, -0.05) is 27.7 Å². The van der Waals surface area contributed by atoms with Crippen molar-refractivity contribution in [3.8, 4) is 0 Å². The van der Waals surface area contributed by atoms with Crippen molar-refractivity contribution in [1.82, 2.24) is 0 Å². The quantitative estimate of drug-likeness (QED) is 0.652. The maximum atomic E-state index is 5.50. The van der Waals surface area contributed by atoms with Crippen molar-refractivity contribution in [3.05, 3.63) is 0 Å². The van der Waals surface area contributed by atoms with Gasteiger partial charge < -0.3 is 5.73 Å². The second-order valence-corrected chi connectivity index (χ2v) is 4.16. The molecule has 0 amide bonds. The van der Waals surface area contributed by atoms with Gasteiger partial charge in [0.05, 0.1) is 0 Å². The lowest BCUT2D eigenvalue weighted by Crippen LogP contribution is -2.14. The fourth-order valence-corrected chi connectivity index (χ4v) is 1.52. The zero-order chi connectivity index (χ0) is 8.85. The van der Waals surface area contributed by atoms with Crippen LogP contribution in [0.5, 0.6) is 0 Å². The van der Waals surface area contributed by atoms with Crippen LogP contribution in [0.15, 0.2) is 0 Å². The summed E-state index contributed by atoms with van der Waals surface area (Å²) in [5.41, 5.74) is 5.50. The standard InChI is InChI=1S/C10H23N/c1-8(2)7-10(4)9(3)5-6-11/h8-10H,5-7,11H2,1-4H3. The van der Waals surface area contributed by atoms with Crippen molar-refractivity contribution < 1.29 is 0 Å². The Morgan fingerprint density at radius 1 is 1.00 bits per heavy atom. The molecule has 0 aliphatic carbocycles. The Bertz CT molecular complexity index is 88.9. The average Bonchev–Trinajstić information content (AvgIpc) is 1.86. The van der Waals surface area contributed by atoms with E-state index in [0.29, 0.717) is 0 Å². The molecule has 2 N–H and O–H groups in total. The molecule has 0 fully saturated rings. The average molecular weight is 157 g/mol. The van der Waals surface area contributed by atoms with Crippen LogP contribution in [0.2, 0.25) is 0 Å². The molecule has 0 bridgehead atoms. The van der Waals surface area contributed by atoms with Crippen LogP contribution in [-0.2, 0) is 0 Å². The molecule has 0 aromatic rings. The zero-order valence-corrected chi connectivity index (χ0v) is 8.43. The maximum Gasteiger partial charge on any atom is -0.00746 e. The van der Waals surface area contributed by atoms with Gasteiger partial charge in [0.2, 0.25) is 0 Å². The Hall–Kier alpha value is -0.0400. The van der Waals surface area contributed by atoms with Gasteiger partial charge in [0.1, 0.15) is 0 Å². The van der Waals surface area contributed by atoms with E-state index in [1.165, 1.54) is 12.8 Å². The highest BCUT2D eigenvalue weighted by Gasteiger charge is 2.12. The smallest absolute Gasteiger partial charge is 0.00746 e. The summed E-state index contributed by atoms with van der Waals surface area (Å²) in [6, 6.07) is 0. The Morgan fingerprint density at radius 2 is 1.55 bits per heavy atom. The van der Waals surface area contributed by atoms with Crippen LogP contribution in [0.1, 0.15) is 40.5 Å². The molecule has 0 radical (unpaired) electrons. The third-order valence-electron chi connectivity index (χ3n) is 2.44. The second kappa shape index (κ2) is 5.59. The van der Waals surface area contributed by atoms with Gasteiger partial charge in [0, 0.05) is 0 Å². The first kappa shape index (κ1) is 11.0. The van der Waals surface area contributed by atoms with Crippen molar-refractivity contribution in [2.24, 2.45) is 23.5 Å². The molecule has 11 heavy (non-hydrogen) atoms. The van der Waals surface area contributed by atoms with Gasteiger partial charge in [0.15, 0.2) is 0 Å². The van der Waals surface area contributed by atoms with Crippen molar-refractivity contribution >= 4 is 0 Å². The summed E-state index contributed by atoms with van der Waals surface area (Å²) in [5, 5.41) is 0. The number of hydrogen-bond acceptors (Lipinski definition) is 1. The van der Waals surface area contributed by atoms with Crippen molar-refractivity contribution in [1.29, 1.82) is 0 Å². The lowest BCUT2D eigenvalue weighted by molar-refractivity contribution is 0.311. The summed E-state index contributed by atoms with van der Waals surface area (Å²) in [4.78, 5) is 0. The van der Waals surface area contributed by atoms with Crippen LogP contribution in [0.4, 0.5) is 0 Å². The van der Waals surface area contributed by atoms with Gasteiger partial charge >= 0.3 is 0 Å². The SMILES string of the molecule is CC(C)CC(C)C(C)CCN. The molecule has 0 aliphatic heterocycles. The van der Waals surface area contributed by atoms with Gasteiger partial charge in [-0.3, -0.25) is 0 Å². The minimum Gasteiger partial charge on any atom is -0.330 e. The van der Waals surface area contributed by atoms with E-state index in [9.17, 15) is 0 Å². The Morgan fingerprint density at radius 3 is 1.91 bits per heavy atom. The number of rotatable bonds is 5. The highest BCUT2D eigenvalue weighted by molar-refractivity contribution is 4.63. The summed E-state index contributed by atoms with van der Waals surface area (Å²) in [6.45, 7) is 10.0. The molecule has 1 heteroatoms. The predicted octanol–water partition coefficient (Wildman–Crippen LogP) is 2.65. The molecule has 2 atom stereocenters. The van der Waals surface area contributed by atoms with E-state index in [0.717, 1.165) is 24.3 Å². The minimum absolute atomic E-state index is 0.794. The third-order valence-corrected chi connectivity index (χ3v) is 2.44. The first-order valence-corrected chi connectivity index (χ1v) is 4.78. The zero-order valence-electron chi connectivity index (χ0n) is 8.43. The first-order chi connectivity index (χ1) is 5.07. The summed E-state index contributed by atoms with van der Waals surface area (Å²) >= 11 is 0. The van der Waals surface area contributed by atoms with Crippen LogP contribution in [-0.4, -0.2) is 6.54 Å². The molecule has 0 aromatic carbocycles. The maximum absolute atomic E-state index is 5.50. The summed E-state index contributed by atoms with van der Waals surface area (Å²) in [5.74, 6) is 2.45. The summed E-state index contributed by atoms with van der Waals surface area (Å²) < 4.78 is 0. The molecule has 0 spiro atoms. The Kier molecular flexibility index (Phi) is 5.57. The molecule has 0 saturated heterocycles. The fourth-order valence-electron chi connectivity index (χ4n) is 1.52. The largest absolute Gasteiger partial charge is 0.330 e. The predicted molar refractivity (Wildman–Crippen MR) is 51.5 cm³/mol. The van der Waals surface area contributed by atoms with Crippen LogP contribution in [0, 0.1) is 17.8 Å². The number of nitrogens with two attached hydrogens (primary N) is 1. The van der Waals surface area contributed by atoms with Gasteiger partial charge in [-0.05, 0) is 37.1 Å². The third kappa shape index (κ3) is 5.25. The van der Waals surface area contributed by atoms with Gasteiger partial charge in [-0.15, -0.1) is 0 Å². The topological polar surface area (TPSA) is 26.0 Å². The monoisotopic (exact) mass is 157 g/mol. The Labute approximate surface area is 71.4 Å². The molecule has 0 saturated carbocycles.